The molecule has 5 rings (SSSR count). The number of rotatable bonds is 5. The molecule has 1 saturated heterocycles. The lowest BCUT2D eigenvalue weighted by molar-refractivity contribution is -0.133. The molecule has 0 aromatic carbocycles. The first-order valence-electron chi connectivity index (χ1n) is 9.52. The van der Waals surface area contributed by atoms with Gasteiger partial charge in [-0.2, -0.15) is 5.10 Å². The van der Waals surface area contributed by atoms with Crippen LogP contribution in [-0.4, -0.2) is 50.3 Å². The second-order valence-corrected chi connectivity index (χ2v) is 8.08. The van der Waals surface area contributed by atoms with Crippen molar-refractivity contribution < 1.29 is 9.21 Å². The zero-order valence-corrected chi connectivity index (χ0v) is 14.9. The SMILES string of the molecule is C[C@@H](Nc1nnc([C@H]2C[C@H]2c2cc[nH]n2)o1)C(=O)N1CCC2(CC1)CC2. The maximum absolute atomic E-state index is 12.7. The molecule has 2 aliphatic carbocycles. The minimum absolute atomic E-state index is 0.112. The fourth-order valence-corrected chi connectivity index (χ4v) is 4.11. The molecule has 3 aliphatic rings. The van der Waals surface area contributed by atoms with E-state index in [-0.39, 0.29) is 17.9 Å². The van der Waals surface area contributed by atoms with Gasteiger partial charge >= 0.3 is 6.01 Å². The van der Waals surface area contributed by atoms with Crippen molar-refractivity contribution >= 4 is 11.9 Å². The van der Waals surface area contributed by atoms with Gasteiger partial charge in [0.2, 0.25) is 11.8 Å². The quantitative estimate of drug-likeness (QED) is 0.852. The molecule has 1 amide bonds. The van der Waals surface area contributed by atoms with Crippen molar-refractivity contribution in [1.29, 1.82) is 0 Å². The molecule has 1 aliphatic heterocycles. The van der Waals surface area contributed by atoms with E-state index in [0.717, 1.165) is 38.0 Å². The Kier molecular flexibility index (Phi) is 3.55. The molecule has 2 aromatic heterocycles. The Morgan fingerprint density at radius 1 is 1.31 bits per heavy atom. The molecule has 2 saturated carbocycles. The Morgan fingerprint density at radius 2 is 2.12 bits per heavy atom. The van der Waals surface area contributed by atoms with Crippen LogP contribution < -0.4 is 5.32 Å². The predicted octanol–water partition coefficient (Wildman–Crippen LogP) is 2.27. The van der Waals surface area contributed by atoms with E-state index >= 15 is 0 Å². The molecule has 0 radical (unpaired) electrons. The summed E-state index contributed by atoms with van der Waals surface area (Å²) in [5.41, 5.74) is 1.61. The minimum atomic E-state index is -0.363. The van der Waals surface area contributed by atoms with Crippen LogP contribution >= 0.6 is 0 Å². The van der Waals surface area contributed by atoms with Gasteiger partial charge in [0, 0.05) is 31.1 Å². The van der Waals surface area contributed by atoms with Crippen LogP contribution in [0.15, 0.2) is 16.7 Å². The van der Waals surface area contributed by atoms with Crippen LogP contribution in [0.3, 0.4) is 0 Å². The van der Waals surface area contributed by atoms with Crippen LogP contribution in [0.25, 0.3) is 0 Å². The summed E-state index contributed by atoms with van der Waals surface area (Å²) in [6.45, 7) is 3.60. The Labute approximate surface area is 151 Å². The van der Waals surface area contributed by atoms with Crippen molar-refractivity contribution in [1.82, 2.24) is 25.3 Å². The lowest BCUT2D eigenvalue weighted by Crippen LogP contribution is -2.45. The van der Waals surface area contributed by atoms with Gasteiger partial charge in [-0.05, 0) is 50.5 Å². The number of carbonyl (C=O) groups is 1. The summed E-state index contributed by atoms with van der Waals surface area (Å²) in [6.07, 6.45) is 7.77. The number of likely N-dealkylation sites (tertiary alicyclic amines) is 1. The molecule has 138 valence electrons. The van der Waals surface area contributed by atoms with Gasteiger partial charge in [-0.25, -0.2) is 0 Å². The first kappa shape index (κ1) is 15.8. The summed E-state index contributed by atoms with van der Waals surface area (Å²) in [4.78, 5) is 14.6. The third-order valence-electron chi connectivity index (χ3n) is 6.25. The number of carbonyl (C=O) groups excluding carboxylic acids is 1. The van der Waals surface area contributed by atoms with Crippen molar-refractivity contribution in [2.75, 3.05) is 18.4 Å². The molecule has 8 heteroatoms. The number of aromatic amines is 1. The summed E-state index contributed by atoms with van der Waals surface area (Å²) in [6, 6.07) is 1.94. The highest BCUT2D eigenvalue weighted by Gasteiger charge is 2.46. The molecule has 0 unspecified atom stereocenters. The van der Waals surface area contributed by atoms with Gasteiger partial charge in [0.25, 0.3) is 0 Å². The second-order valence-electron chi connectivity index (χ2n) is 8.08. The van der Waals surface area contributed by atoms with Crippen LogP contribution in [0, 0.1) is 5.41 Å². The molecular weight excluding hydrogens is 332 g/mol. The number of anilines is 1. The molecular formula is C18H24N6O2. The summed E-state index contributed by atoms with van der Waals surface area (Å²) in [5.74, 6) is 1.30. The summed E-state index contributed by atoms with van der Waals surface area (Å²) >= 11 is 0. The predicted molar refractivity (Wildman–Crippen MR) is 93.6 cm³/mol. The largest absolute Gasteiger partial charge is 0.408 e. The molecule has 3 atom stereocenters. The molecule has 2 N–H and O–H groups in total. The third kappa shape index (κ3) is 2.87. The maximum Gasteiger partial charge on any atom is 0.316 e. The second kappa shape index (κ2) is 5.82. The number of amides is 1. The highest BCUT2D eigenvalue weighted by Crippen LogP contribution is 2.54. The van der Waals surface area contributed by atoms with E-state index < -0.39 is 0 Å². The average molecular weight is 356 g/mol. The van der Waals surface area contributed by atoms with Crippen molar-refractivity contribution in [2.45, 2.75) is 56.9 Å². The number of H-pyrrole nitrogens is 1. The zero-order valence-electron chi connectivity index (χ0n) is 14.9. The summed E-state index contributed by atoms with van der Waals surface area (Å²) in [7, 11) is 0. The standard InChI is InChI=1S/C18H24N6O2/c1-11(16(25)24-8-5-18(3-4-18)6-9-24)20-17-23-22-15(26-17)13-10-12(13)14-2-7-19-21-14/h2,7,11-13H,3-6,8-10H2,1H3,(H,19,21)(H,20,23)/t11-,12-,13+/m1/s1. The number of piperidine rings is 1. The van der Waals surface area contributed by atoms with Crippen LogP contribution in [0.4, 0.5) is 6.01 Å². The first-order chi connectivity index (χ1) is 12.6. The van der Waals surface area contributed by atoms with E-state index in [1.165, 1.54) is 12.8 Å². The lowest BCUT2D eigenvalue weighted by Gasteiger charge is -2.33. The van der Waals surface area contributed by atoms with Gasteiger partial charge in [0.1, 0.15) is 6.04 Å². The van der Waals surface area contributed by atoms with Gasteiger partial charge in [0.05, 0.1) is 5.69 Å². The lowest BCUT2D eigenvalue weighted by atomic mass is 9.93. The van der Waals surface area contributed by atoms with E-state index in [4.69, 9.17) is 4.42 Å². The third-order valence-corrected chi connectivity index (χ3v) is 6.25. The van der Waals surface area contributed by atoms with E-state index in [1.54, 1.807) is 0 Å². The number of hydrogen-bond acceptors (Lipinski definition) is 6. The van der Waals surface area contributed by atoms with Crippen molar-refractivity contribution in [3.05, 3.63) is 23.8 Å². The molecule has 0 bridgehead atoms. The van der Waals surface area contributed by atoms with Crippen molar-refractivity contribution in [3.8, 4) is 0 Å². The van der Waals surface area contributed by atoms with Crippen molar-refractivity contribution in [3.63, 3.8) is 0 Å². The van der Waals surface area contributed by atoms with Gasteiger partial charge in [-0.3, -0.25) is 9.89 Å². The smallest absolute Gasteiger partial charge is 0.316 e. The first-order valence-corrected chi connectivity index (χ1v) is 9.52. The molecule has 26 heavy (non-hydrogen) atoms. The van der Waals surface area contributed by atoms with E-state index in [9.17, 15) is 4.79 Å². The van der Waals surface area contributed by atoms with Crippen LogP contribution in [-0.2, 0) is 4.79 Å². The van der Waals surface area contributed by atoms with Crippen LogP contribution in [0.5, 0.6) is 0 Å². The van der Waals surface area contributed by atoms with E-state index in [1.807, 2.05) is 24.1 Å². The van der Waals surface area contributed by atoms with Crippen LogP contribution in [0.2, 0.25) is 0 Å². The van der Waals surface area contributed by atoms with Gasteiger partial charge < -0.3 is 14.6 Å². The van der Waals surface area contributed by atoms with Crippen LogP contribution in [0.1, 0.15) is 62.4 Å². The Morgan fingerprint density at radius 3 is 2.81 bits per heavy atom. The van der Waals surface area contributed by atoms with Gasteiger partial charge in [-0.1, -0.05) is 5.10 Å². The fraction of sp³-hybridized carbons (Fsp3) is 0.667. The normalized spacial score (nSPS) is 27.3. The minimum Gasteiger partial charge on any atom is -0.408 e. The Bertz CT molecular complexity index is 786. The summed E-state index contributed by atoms with van der Waals surface area (Å²) < 4.78 is 5.75. The highest BCUT2D eigenvalue weighted by atomic mass is 16.4. The molecule has 1 spiro atoms. The maximum atomic E-state index is 12.7. The fourth-order valence-electron chi connectivity index (χ4n) is 4.11. The number of aromatic nitrogens is 4. The van der Waals surface area contributed by atoms with E-state index in [0.29, 0.717) is 23.2 Å². The van der Waals surface area contributed by atoms with Gasteiger partial charge in [0.15, 0.2) is 0 Å². The van der Waals surface area contributed by atoms with Crippen molar-refractivity contribution in [2.24, 2.45) is 5.41 Å². The average Bonchev–Trinajstić information content (AvgIpc) is 3.48. The number of nitrogens with zero attached hydrogens (tertiary/aromatic N) is 4. The summed E-state index contributed by atoms with van der Waals surface area (Å²) in [5, 5.41) is 18.3. The molecule has 2 aromatic rings. The molecule has 8 nitrogen and oxygen atoms in total. The zero-order chi connectivity index (χ0) is 17.7. The number of hydrogen-bond donors (Lipinski definition) is 2. The highest BCUT2D eigenvalue weighted by molar-refractivity contribution is 5.83. The molecule has 3 heterocycles. The monoisotopic (exact) mass is 356 g/mol. The van der Waals surface area contributed by atoms with Gasteiger partial charge in [-0.15, -0.1) is 5.10 Å². The Hall–Kier alpha value is -2.38. The topological polar surface area (TPSA) is 99.9 Å². The Balaban J connectivity index is 1.16. The molecule has 3 fully saturated rings. The number of nitrogens with one attached hydrogen (secondary N) is 2. The van der Waals surface area contributed by atoms with E-state index in [2.05, 4.69) is 25.7 Å².